The molecular formula is C14H17NO2. The van der Waals surface area contributed by atoms with Crippen molar-refractivity contribution in [3.05, 3.63) is 23.8 Å². The van der Waals surface area contributed by atoms with Crippen molar-refractivity contribution in [1.29, 1.82) is 0 Å². The molecule has 0 bridgehead atoms. The summed E-state index contributed by atoms with van der Waals surface area (Å²) in [6.07, 6.45) is 1.78. The van der Waals surface area contributed by atoms with E-state index in [9.17, 15) is 0 Å². The first kappa shape index (κ1) is 11.8. The first-order valence-corrected chi connectivity index (χ1v) is 5.93. The molecule has 0 aromatic heterocycles. The lowest BCUT2D eigenvalue weighted by atomic mass is 10.2. The van der Waals surface area contributed by atoms with Crippen molar-refractivity contribution in [2.75, 3.05) is 26.8 Å². The molecule has 1 aliphatic heterocycles. The van der Waals surface area contributed by atoms with Gasteiger partial charge in [-0.15, -0.1) is 0 Å². The zero-order valence-electron chi connectivity index (χ0n) is 10.1. The molecule has 1 aromatic rings. The number of hydrogen-bond donors (Lipinski definition) is 1. The molecule has 1 heterocycles. The van der Waals surface area contributed by atoms with Gasteiger partial charge in [-0.1, -0.05) is 11.8 Å². The van der Waals surface area contributed by atoms with E-state index in [-0.39, 0.29) is 0 Å². The SMILES string of the molecule is CNCCC#Cc1ccc2c(c1)OCCCO2. The van der Waals surface area contributed by atoms with Crippen LogP contribution in [0.5, 0.6) is 11.5 Å². The summed E-state index contributed by atoms with van der Waals surface area (Å²) >= 11 is 0. The number of ether oxygens (including phenoxy) is 2. The van der Waals surface area contributed by atoms with E-state index in [4.69, 9.17) is 9.47 Å². The minimum absolute atomic E-state index is 0.712. The molecule has 0 amide bonds. The molecule has 17 heavy (non-hydrogen) atoms. The molecule has 0 fully saturated rings. The lowest BCUT2D eigenvalue weighted by Crippen LogP contribution is -2.05. The summed E-state index contributed by atoms with van der Waals surface area (Å²) in [5.41, 5.74) is 0.977. The van der Waals surface area contributed by atoms with E-state index in [1.807, 2.05) is 25.2 Å². The fraction of sp³-hybridized carbons (Fsp3) is 0.429. The maximum atomic E-state index is 5.61. The van der Waals surface area contributed by atoms with E-state index in [0.29, 0.717) is 6.61 Å². The molecular weight excluding hydrogens is 214 g/mol. The molecule has 0 radical (unpaired) electrons. The van der Waals surface area contributed by atoms with Crippen molar-refractivity contribution in [1.82, 2.24) is 5.32 Å². The molecule has 3 nitrogen and oxygen atoms in total. The van der Waals surface area contributed by atoms with Crippen molar-refractivity contribution in [2.45, 2.75) is 12.8 Å². The van der Waals surface area contributed by atoms with Crippen molar-refractivity contribution < 1.29 is 9.47 Å². The molecule has 0 unspecified atom stereocenters. The standard InChI is InChI=1S/C14H17NO2/c1-15-8-3-2-5-12-6-7-13-14(11-12)17-10-4-9-16-13/h6-7,11,15H,3-4,8-10H2,1H3. The van der Waals surface area contributed by atoms with Crippen LogP contribution in [0.1, 0.15) is 18.4 Å². The third-order valence-corrected chi connectivity index (χ3v) is 2.48. The predicted molar refractivity (Wildman–Crippen MR) is 67.5 cm³/mol. The highest BCUT2D eigenvalue weighted by atomic mass is 16.5. The summed E-state index contributed by atoms with van der Waals surface area (Å²) in [6, 6.07) is 5.86. The smallest absolute Gasteiger partial charge is 0.162 e. The fourth-order valence-corrected chi connectivity index (χ4v) is 1.59. The van der Waals surface area contributed by atoms with Crippen LogP contribution < -0.4 is 14.8 Å². The number of benzene rings is 1. The van der Waals surface area contributed by atoms with Crippen molar-refractivity contribution >= 4 is 0 Å². The Bertz CT molecular complexity index is 432. The zero-order valence-corrected chi connectivity index (χ0v) is 10.1. The molecule has 0 saturated heterocycles. The molecule has 0 atom stereocenters. The average molecular weight is 231 g/mol. The van der Waals surface area contributed by atoms with Gasteiger partial charge in [0.05, 0.1) is 13.2 Å². The molecule has 0 spiro atoms. The van der Waals surface area contributed by atoms with Gasteiger partial charge in [-0.3, -0.25) is 0 Å². The van der Waals surface area contributed by atoms with Gasteiger partial charge in [0.25, 0.3) is 0 Å². The highest BCUT2D eigenvalue weighted by Crippen LogP contribution is 2.29. The summed E-state index contributed by atoms with van der Waals surface area (Å²) < 4.78 is 11.2. The highest BCUT2D eigenvalue weighted by molar-refractivity contribution is 5.48. The van der Waals surface area contributed by atoms with Gasteiger partial charge in [0, 0.05) is 24.9 Å². The topological polar surface area (TPSA) is 30.5 Å². The second-order valence-corrected chi connectivity index (χ2v) is 3.87. The fourth-order valence-electron chi connectivity index (χ4n) is 1.59. The van der Waals surface area contributed by atoms with Crippen LogP contribution in [-0.4, -0.2) is 26.8 Å². The molecule has 1 N–H and O–H groups in total. The van der Waals surface area contributed by atoms with Crippen LogP contribution in [0.3, 0.4) is 0 Å². The van der Waals surface area contributed by atoms with Gasteiger partial charge in [0.2, 0.25) is 0 Å². The molecule has 3 heteroatoms. The predicted octanol–water partition coefficient (Wildman–Crippen LogP) is 1.81. The van der Waals surface area contributed by atoms with Crippen molar-refractivity contribution in [3.8, 4) is 23.3 Å². The number of rotatable bonds is 2. The lowest BCUT2D eigenvalue weighted by Gasteiger charge is -2.06. The molecule has 1 aliphatic rings. The van der Waals surface area contributed by atoms with Gasteiger partial charge in [-0.05, 0) is 25.2 Å². The molecule has 1 aromatic carbocycles. The van der Waals surface area contributed by atoms with Crippen molar-refractivity contribution in [3.63, 3.8) is 0 Å². The van der Waals surface area contributed by atoms with Crippen LogP contribution in [0.4, 0.5) is 0 Å². The summed E-state index contributed by atoms with van der Waals surface area (Å²) in [7, 11) is 1.93. The van der Waals surface area contributed by atoms with Gasteiger partial charge >= 0.3 is 0 Å². The van der Waals surface area contributed by atoms with Crippen LogP contribution in [0.25, 0.3) is 0 Å². The van der Waals surface area contributed by atoms with Gasteiger partial charge in [-0.2, -0.15) is 0 Å². The van der Waals surface area contributed by atoms with Crippen LogP contribution in [0, 0.1) is 11.8 Å². The monoisotopic (exact) mass is 231 g/mol. The minimum Gasteiger partial charge on any atom is -0.490 e. The average Bonchev–Trinajstić information content (AvgIpc) is 2.59. The van der Waals surface area contributed by atoms with E-state index in [1.165, 1.54) is 0 Å². The van der Waals surface area contributed by atoms with Crippen LogP contribution >= 0.6 is 0 Å². The Balaban J connectivity index is 2.08. The summed E-state index contributed by atoms with van der Waals surface area (Å²) in [4.78, 5) is 0. The largest absolute Gasteiger partial charge is 0.490 e. The number of hydrogen-bond acceptors (Lipinski definition) is 3. The Morgan fingerprint density at radius 2 is 2.06 bits per heavy atom. The first-order chi connectivity index (χ1) is 8.40. The number of nitrogens with one attached hydrogen (secondary N) is 1. The third kappa shape index (κ3) is 3.40. The second kappa shape index (κ2) is 6.17. The molecule has 0 aliphatic carbocycles. The van der Waals surface area contributed by atoms with Gasteiger partial charge in [0.15, 0.2) is 11.5 Å². The molecule has 2 rings (SSSR count). The van der Waals surface area contributed by atoms with E-state index < -0.39 is 0 Å². The second-order valence-electron chi connectivity index (χ2n) is 3.87. The van der Waals surface area contributed by atoms with Crippen LogP contribution in [-0.2, 0) is 0 Å². The Kier molecular flexibility index (Phi) is 4.29. The molecule has 90 valence electrons. The minimum atomic E-state index is 0.712. The zero-order chi connectivity index (χ0) is 11.9. The Hall–Kier alpha value is -1.66. The van der Waals surface area contributed by atoms with E-state index in [1.54, 1.807) is 0 Å². The Morgan fingerprint density at radius 3 is 2.88 bits per heavy atom. The normalized spacial score (nSPS) is 13.5. The quantitative estimate of drug-likeness (QED) is 0.622. The van der Waals surface area contributed by atoms with Crippen LogP contribution in [0.15, 0.2) is 18.2 Å². The van der Waals surface area contributed by atoms with Gasteiger partial charge in [0.1, 0.15) is 0 Å². The maximum absolute atomic E-state index is 5.61. The van der Waals surface area contributed by atoms with Gasteiger partial charge in [-0.25, -0.2) is 0 Å². The summed E-state index contributed by atoms with van der Waals surface area (Å²) in [5.74, 6) is 7.87. The maximum Gasteiger partial charge on any atom is 0.162 e. The lowest BCUT2D eigenvalue weighted by molar-refractivity contribution is 0.297. The Labute approximate surface area is 102 Å². The van der Waals surface area contributed by atoms with Crippen molar-refractivity contribution in [2.24, 2.45) is 0 Å². The molecule has 0 saturated carbocycles. The summed E-state index contributed by atoms with van der Waals surface area (Å²) in [5, 5.41) is 3.06. The Morgan fingerprint density at radius 1 is 1.24 bits per heavy atom. The van der Waals surface area contributed by atoms with Crippen LogP contribution in [0.2, 0.25) is 0 Å². The van der Waals surface area contributed by atoms with E-state index in [2.05, 4.69) is 17.2 Å². The van der Waals surface area contributed by atoms with E-state index >= 15 is 0 Å². The van der Waals surface area contributed by atoms with Gasteiger partial charge < -0.3 is 14.8 Å². The summed E-state index contributed by atoms with van der Waals surface area (Å²) in [6.45, 7) is 2.35. The third-order valence-electron chi connectivity index (χ3n) is 2.48. The van der Waals surface area contributed by atoms with E-state index in [0.717, 1.165) is 43.1 Å². The highest BCUT2D eigenvalue weighted by Gasteiger charge is 2.09. The first-order valence-electron chi connectivity index (χ1n) is 5.93. The number of fused-ring (bicyclic) bond motifs is 1.